The lowest BCUT2D eigenvalue weighted by Crippen LogP contribution is -2.31. The van der Waals surface area contributed by atoms with E-state index in [1.165, 1.54) is 0 Å². The van der Waals surface area contributed by atoms with E-state index in [1.807, 2.05) is 57.2 Å². The third kappa shape index (κ3) is 3.93. The zero-order valence-corrected chi connectivity index (χ0v) is 14.7. The number of benzene rings is 1. The molecule has 3 rings (SSSR count). The van der Waals surface area contributed by atoms with Gasteiger partial charge in [0, 0.05) is 18.2 Å². The first kappa shape index (κ1) is 16.9. The molecule has 1 atom stereocenters. The molecule has 130 valence electrons. The molecule has 1 amide bonds. The normalized spacial score (nSPS) is 12.1. The molecular weight excluding hydrogens is 316 g/mol. The molecule has 0 bridgehead atoms. The van der Waals surface area contributed by atoms with Crippen LogP contribution < -0.4 is 10.6 Å². The van der Waals surface area contributed by atoms with Crippen molar-refractivity contribution in [3.05, 3.63) is 53.3 Å². The Labute approximate surface area is 146 Å². The van der Waals surface area contributed by atoms with Crippen molar-refractivity contribution >= 4 is 17.4 Å². The summed E-state index contributed by atoms with van der Waals surface area (Å²) in [5.41, 5.74) is 2.39. The van der Waals surface area contributed by atoms with Gasteiger partial charge in [0.15, 0.2) is 11.5 Å². The second-order valence-electron chi connectivity index (χ2n) is 6.07. The van der Waals surface area contributed by atoms with Crippen molar-refractivity contribution < 1.29 is 4.79 Å². The molecule has 0 fully saturated rings. The number of amides is 1. The highest BCUT2D eigenvalue weighted by Crippen LogP contribution is 2.11. The molecule has 0 unspecified atom stereocenters. The third-order valence-corrected chi connectivity index (χ3v) is 4.07. The summed E-state index contributed by atoms with van der Waals surface area (Å²) < 4.78 is 1.69. The molecule has 2 heterocycles. The zero-order chi connectivity index (χ0) is 17.8. The van der Waals surface area contributed by atoms with Gasteiger partial charge in [-0.2, -0.15) is 4.52 Å². The van der Waals surface area contributed by atoms with Crippen molar-refractivity contribution in [2.75, 3.05) is 5.32 Å². The maximum absolute atomic E-state index is 12.2. The summed E-state index contributed by atoms with van der Waals surface area (Å²) in [5.74, 6) is 1.42. The van der Waals surface area contributed by atoms with Crippen LogP contribution in [0.1, 0.15) is 42.0 Å². The summed E-state index contributed by atoms with van der Waals surface area (Å²) >= 11 is 0. The van der Waals surface area contributed by atoms with Crippen LogP contribution in [0.2, 0.25) is 0 Å². The van der Waals surface area contributed by atoms with Gasteiger partial charge < -0.3 is 10.6 Å². The number of carbonyl (C=O) groups is 1. The maximum Gasteiger partial charge on any atom is 0.251 e. The highest BCUT2D eigenvalue weighted by Gasteiger charge is 2.09. The van der Waals surface area contributed by atoms with Gasteiger partial charge in [-0.15, -0.1) is 15.3 Å². The number of nitrogens with zero attached hydrogens (tertiary/aromatic N) is 4. The summed E-state index contributed by atoms with van der Waals surface area (Å²) in [5, 5.41) is 18.7. The van der Waals surface area contributed by atoms with Crippen LogP contribution in [-0.4, -0.2) is 31.8 Å². The fourth-order valence-electron chi connectivity index (χ4n) is 2.41. The molecule has 1 aromatic carbocycles. The molecule has 0 aliphatic rings. The Bertz CT molecular complexity index is 888. The minimum Gasteiger partial charge on any atom is -0.365 e. The highest BCUT2D eigenvalue weighted by molar-refractivity contribution is 5.94. The molecule has 0 radical (unpaired) electrons. The predicted molar refractivity (Wildman–Crippen MR) is 96.5 cm³/mol. The number of anilines is 1. The van der Waals surface area contributed by atoms with Crippen LogP contribution in [0, 0.1) is 6.92 Å². The van der Waals surface area contributed by atoms with E-state index < -0.39 is 0 Å². The second kappa shape index (κ2) is 7.29. The molecule has 2 N–H and O–H groups in total. The number of hydrogen-bond acceptors (Lipinski definition) is 5. The molecule has 7 nitrogen and oxygen atoms in total. The quantitative estimate of drug-likeness (QED) is 0.722. The number of aromatic nitrogens is 4. The number of rotatable bonds is 6. The molecular formula is C18H22N6O. The monoisotopic (exact) mass is 338 g/mol. The first-order chi connectivity index (χ1) is 12.1. The van der Waals surface area contributed by atoms with Gasteiger partial charge in [-0.1, -0.05) is 19.1 Å². The fourth-order valence-corrected chi connectivity index (χ4v) is 2.41. The Balaban J connectivity index is 1.69. The van der Waals surface area contributed by atoms with Crippen LogP contribution in [0.4, 0.5) is 5.82 Å². The predicted octanol–water partition coefficient (Wildman–Crippen LogP) is 2.57. The molecule has 0 aliphatic carbocycles. The van der Waals surface area contributed by atoms with E-state index in [0.717, 1.165) is 23.6 Å². The summed E-state index contributed by atoms with van der Waals surface area (Å²) in [7, 11) is 0. The van der Waals surface area contributed by atoms with Gasteiger partial charge in [0.2, 0.25) is 0 Å². The van der Waals surface area contributed by atoms with Gasteiger partial charge in [-0.3, -0.25) is 4.79 Å². The van der Waals surface area contributed by atoms with E-state index in [9.17, 15) is 4.79 Å². The minimum atomic E-state index is -0.0455. The Morgan fingerprint density at radius 2 is 2.08 bits per heavy atom. The van der Waals surface area contributed by atoms with Crippen molar-refractivity contribution in [3.8, 4) is 0 Å². The molecule has 0 spiro atoms. The summed E-state index contributed by atoms with van der Waals surface area (Å²) in [6.45, 7) is 6.48. The largest absolute Gasteiger partial charge is 0.365 e. The van der Waals surface area contributed by atoms with E-state index in [1.54, 1.807) is 4.52 Å². The van der Waals surface area contributed by atoms with E-state index >= 15 is 0 Å². The first-order valence-corrected chi connectivity index (χ1v) is 8.39. The average molecular weight is 338 g/mol. The Morgan fingerprint density at radius 1 is 1.24 bits per heavy atom. The summed E-state index contributed by atoms with van der Waals surface area (Å²) in [4.78, 5) is 12.2. The zero-order valence-electron chi connectivity index (χ0n) is 14.7. The number of nitrogens with one attached hydrogen (secondary N) is 2. The number of aryl methyl sites for hydroxylation is 1. The van der Waals surface area contributed by atoms with E-state index in [4.69, 9.17) is 0 Å². The highest BCUT2D eigenvalue weighted by atomic mass is 16.1. The molecule has 25 heavy (non-hydrogen) atoms. The van der Waals surface area contributed by atoms with Gasteiger partial charge in [0.1, 0.15) is 5.82 Å². The summed E-state index contributed by atoms with van der Waals surface area (Å²) in [6.07, 6.45) is 0.906. The van der Waals surface area contributed by atoms with Gasteiger partial charge in [-0.05, 0) is 50.1 Å². The smallest absolute Gasteiger partial charge is 0.251 e. The van der Waals surface area contributed by atoms with Crippen molar-refractivity contribution in [2.24, 2.45) is 0 Å². The van der Waals surface area contributed by atoms with Crippen molar-refractivity contribution in [1.29, 1.82) is 0 Å². The van der Waals surface area contributed by atoms with Crippen molar-refractivity contribution in [3.63, 3.8) is 0 Å². The van der Waals surface area contributed by atoms with Crippen molar-refractivity contribution in [2.45, 2.75) is 39.8 Å². The first-order valence-electron chi connectivity index (χ1n) is 8.39. The lowest BCUT2D eigenvalue weighted by Gasteiger charge is -2.12. The van der Waals surface area contributed by atoms with Crippen LogP contribution in [0.15, 0.2) is 36.4 Å². The Hall–Kier alpha value is -2.96. The molecule has 2 aromatic heterocycles. The summed E-state index contributed by atoms with van der Waals surface area (Å²) in [6, 6.07) is 11.5. The number of carbonyl (C=O) groups excluding carboxylic acids is 1. The molecule has 0 saturated carbocycles. The lowest BCUT2D eigenvalue weighted by molar-refractivity contribution is 0.0939. The second-order valence-corrected chi connectivity index (χ2v) is 6.07. The molecule has 0 aliphatic heterocycles. The van der Waals surface area contributed by atoms with E-state index in [2.05, 4.69) is 25.9 Å². The van der Waals surface area contributed by atoms with Gasteiger partial charge in [0.25, 0.3) is 5.91 Å². The SMILES string of the molecule is CC[C@H](C)NC(=O)c1cccc(CNc2ccc3nnc(C)n3n2)c1. The van der Waals surface area contributed by atoms with E-state index in [-0.39, 0.29) is 11.9 Å². The van der Waals surface area contributed by atoms with Crippen molar-refractivity contribution in [1.82, 2.24) is 25.1 Å². The van der Waals surface area contributed by atoms with Crippen LogP contribution in [0.3, 0.4) is 0 Å². The fraction of sp³-hybridized carbons (Fsp3) is 0.333. The van der Waals surface area contributed by atoms with Crippen LogP contribution in [0.5, 0.6) is 0 Å². The number of fused-ring (bicyclic) bond motifs is 1. The molecule has 7 heteroatoms. The van der Waals surface area contributed by atoms with Gasteiger partial charge >= 0.3 is 0 Å². The van der Waals surface area contributed by atoms with Crippen LogP contribution >= 0.6 is 0 Å². The third-order valence-electron chi connectivity index (χ3n) is 4.07. The maximum atomic E-state index is 12.2. The molecule has 0 saturated heterocycles. The topological polar surface area (TPSA) is 84.2 Å². The van der Waals surface area contributed by atoms with Gasteiger partial charge in [-0.25, -0.2) is 0 Å². The molecule has 3 aromatic rings. The van der Waals surface area contributed by atoms with Crippen LogP contribution in [-0.2, 0) is 6.54 Å². The Kier molecular flexibility index (Phi) is 4.92. The average Bonchev–Trinajstić information content (AvgIpc) is 3.00. The minimum absolute atomic E-state index is 0.0455. The van der Waals surface area contributed by atoms with Crippen LogP contribution in [0.25, 0.3) is 5.65 Å². The van der Waals surface area contributed by atoms with E-state index in [0.29, 0.717) is 17.8 Å². The Morgan fingerprint density at radius 3 is 2.88 bits per heavy atom. The lowest BCUT2D eigenvalue weighted by atomic mass is 10.1. The standard InChI is InChI=1S/C18H22N6O/c1-4-12(2)20-18(25)15-7-5-6-14(10-15)11-19-16-8-9-17-22-21-13(3)24(17)23-16/h5-10,12H,4,11H2,1-3H3,(H,19,23)(H,20,25)/t12-/m0/s1. The van der Waals surface area contributed by atoms with Gasteiger partial charge in [0.05, 0.1) is 0 Å². The number of hydrogen-bond donors (Lipinski definition) is 2.